The fourth-order valence-corrected chi connectivity index (χ4v) is 7.03. The van der Waals surface area contributed by atoms with Crippen LogP contribution in [0.15, 0.2) is 35.5 Å². The van der Waals surface area contributed by atoms with Crippen LogP contribution in [0, 0.1) is 23.1 Å². The second kappa shape index (κ2) is 9.85. The normalized spacial score (nSPS) is 18.3. The molecule has 2 fully saturated rings. The van der Waals surface area contributed by atoms with Crippen LogP contribution >= 0.6 is 0 Å². The van der Waals surface area contributed by atoms with Gasteiger partial charge in [-0.3, -0.25) is 9.59 Å². The summed E-state index contributed by atoms with van der Waals surface area (Å²) in [5.74, 6) is -1.71. The van der Waals surface area contributed by atoms with E-state index < -0.39 is 17.2 Å². The SMILES string of the molecule is CN1C[C@@H]2CCN(c3c(-c4cnc5c(c4)c(=O)c(C(=O)O)cn5C)cnc4[nH]c5c(N(C)C=O)cc(F)c(C#N)c5c34)[C@@H]2C1. The molecular formula is C31H27FN8O4. The Morgan fingerprint density at radius 2 is 2.02 bits per heavy atom. The van der Waals surface area contributed by atoms with Crippen LogP contribution in [-0.2, 0) is 11.8 Å². The van der Waals surface area contributed by atoms with Crippen LogP contribution in [0.2, 0.25) is 0 Å². The lowest BCUT2D eigenvalue weighted by atomic mass is 9.98. The smallest absolute Gasteiger partial charge is 0.341 e. The summed E-state index contributed by atoms with van der Waals surface area (Å²) in [7, 11) is 5.20. The highest BCUT2D eigenvalue weighted by Crippen LogP contribution is 2.47. The van der Waals surface area contributed by atoms with Crippen molar-refractivity contribution in [3.8, 4) is 17.2 Å². The quantitative estimate of drug-likeness (QED) is 0.293. The van der Waals surface area contributed by atoms with E-state index in [9.17, 15) is 24.8 Å². The van der Waals surface area contributed by atoms with Gasteiger partial charge in [0.15, 0.2) is 0 Å². The molecule has 2 atom stereocenters. The number of fused-ring (bicyclic) bond motifs is 5. The molecule has 0 aliphatic carbocycles. The standard InChI is InChI=1S/C31H27FN8O4/c1-37-11-15-4-5-40(23(15)13-37)27-19(16-6-17-28(42)20(31(43)44)12-38(2)30(17)35-9-16)10-34-29-25(27)24-18(8-33)21(32)7-22(26(24)36-29)39(3)14-41/h6-7,9-10,12,14-15,23H,4-5,11,13H2,1-3H3,(H,34,36)(H,43,44)/t15-,23+/m0/s1. The highest BCUT2D eigenvalue weighted by Gasteiger charge is 2.42. The Morgan fingerprint density at radius 1 is 1.23 bits per heavy atom. The van der Waals surface area contributed by atoms with E-state index in [-0.39, 0.29) is 28.2 Å². The van der Waals surface area contributed by atoms with Gasteiger partial charge in [0.1, 0.15) is 28.7 Å². The Labute approximate surface area is 249 Å². The van der Waals surface area contributed by atoms with Crippen molar-refractivity contribution in [2.24, 2.45) is 13.0 Å². The van der Waals surface area contributed by atoms with Crippen LogP contribution in [0.3, 0.4) is 0 Å². The highest BCUT2D eigenvalue weighted by molar-refractivity contribution is 6.20. The zero-order chi connectivity index (χ0) is 31.0. The second-order valence-electron chi connectivity index (χ2n) is 11.6. The first-order valence-corrected chi connectivity index (χ1v) is 14.1. The number of aromatic nitrogens is 4. The lowest BCUT2D eigenvalue weighted by molar-refractivity contribution is -0.107. The number of carboxylic acid groups (broad SMARTS) is 1. The topological polar surface area (TPSA) is 151 Å². The molecule has 0 unspecified atom stereocenters. The molecule has 12 nitrogen and oxygen atoms in total. The monoisotopic (exact) mass is 594 g/mol. The van der Waals surface area contributed by atoms with Crippen LogP contribution < -0.4 is 15.2 Å². The van der Waals surface area contributed by atoms with Crippen LogP contribution in [-0.4, -0.2) is 81.7 Å². The van der Waals surface area contributed by atoms with Gasteiger partial charge in [-0.25, -0.2) is 19.2 Å². The predicted octanol–water partition coefficient (Wildman–Crippen LogP) is 3.07. The van der Waals surface area contributed by atoms with E-state index in [0.29, 0.717) is 63.3 Å². The Balaban J connectivity index is 1.60. The van der Waals surface area contributed by atoms with Crippen LogP contribution in [0.1, 0.15) is 22.3 Å². The number of aromatic amines is 1. The van der Waals surface area contributed by atoms with Crippen molar-refractivity contribution in [3.63, 3.8) is 0 Å². The summed E-state index contributed by atoms with van der Waals surface area (Å²) < 4.78 is 17.0. The number of aryl methyl sites for hydroxylation is 1. The minimum Gasteiger partial charge on any atom is -0.477 e. The molecule has 44 heavy (non-hydrogen) atoms. The molecule has 1 aromatic carbocycles. The molecule has 1 amide bonds. The lowest BCUT2D eigenvalue weighted by Crippen LogP contribution is -2.35. The van der Waals surface area contributed by atoms with Crippen molar-refractivity contribution >= 4 is 56.7 Å². The summed E-state index contributed by atoms with van der Waals surface area (Å²) in [6.45, 7) is 2.43. The first kappa shape index (κ1) is 27.5. The number of carboxylic acids is 1. The molecule has 0 spiro atoms. The molecule has 5 aromatic rings. The van der Waals surface area contributed by atoms with E-state index in [1.165, 1.54) is 22.7 Å². The van der Waals surface area contributed by atoms with E-state index >= 15 is 4.39 Å². The first-order chi connectivity index (χ1) is 21.1. The number of carbonyl (C=O) groups is 2. The van der Waals surface area contributed by atoms with Gasteiger partial charge < -0.3 is 29.4 Å². The van der Waals surface area contributed by atoms with Gasteiger partial charge in [-0.1, -0.05) is 0 Å². The largest absolute Gasteiger partial charge is 0.477 e. The molecular weight excluding hydrogens is 567 g/mol. The van der Waals surface area contributed by atoms with Gasteiger partial charge >= 0.3 is 5.97 Å². The van der Waals surface area contributed by atoms with Gasteiger partial charge in [0.05, 0.1) is 33.2 Å². The summed E-state index contributed by atoms with van der Waals surface area (Å²) in [4.78, 5) is 55.1. The third-order valence-corrected chi connectivity index (χ3v) is 9.02. The Bertz CT molecular complexity index is 2170. The fraction of sp³-hybridized carbons (Fsp3) is 0.290. The maximum Gasteiger partial charge on any atom is 0.341 e. The molecule has 13 heteroatoms. The zero-order valence-corrected chi connectivity index (χ0v) is 24.1. The summed E-state index contributed by atoms with van der Waals surface area (Å²) in [6.07, 6.45) is 6.00. The second-order valence-corrected chi connectivity index (χ2v) is 11.6. The first-order valence-electron chi connectivity index (χ1n) is 14.1. The number of anilines is 2. The number of carbonyl (C=O) groups excluding carboxylic acids is 1. The Hall–Kier alpha value is -5.35. The number of rotatable bonds is 5. The number of likely N-dealkylation sites (tertiary alicyclic amines) is 1. The fourth-order valence-electron chi connectivity index (χ4n) is 7.03. The van der Waals surface area contributed by atoms with E-state index in [1.807, 2.05) is 6.07 Å². The molecule has 2 aliphatic heterocycles. The number of likely N-dealkylation sites (N-methyl/N-ethyl adjacent to an activating group) is 1. The molecule has 2 aliphatic rings. The van der Waals surface area contributed by atoms with Crippen molar-refractivity contribution in [2.45, 2.75) is 12.5 Å². The van der Waals surface area contributed by atoms with Crippen molar-refractivity contribution < 1.29 is 19.1 Å². The minimum absolute atomic E-state index is 0.130. The lowest BCUT2D eigenvalue weighted by Gasteiger charge is -2.29. The number of benzene rings is 1. The number of hydrogen-bond acceptors (Lipinski definition) is 8. The Morgan fingerprint density at radius 3 is 2.75 bits per heavy atom. The van der Waals surface area contributed by atoms with Crippen LogP contribution in [0.25, 0.3) is 44.1 Å². The zero-order valence-electron chi connectivity index (χ0n) is 24.1. The number of amides is 1. The van der Waals surface area contributed by atoms with Crippen molar-refractivity contribution in [1.82, 2.24) is 24.4 Å². The number of aromatic carboxylic acids is 1. The van der Waals surface area contributed by atoms with E-state index in [2.05, 4.69) is 31.8 Å². The van der Waals surface area contributed by atoms with Gasteiger partial charge in [0.2, 0.25) is 11.8 Å². The number of H-pyrrole nitrogens is 1. The number of pyridine rings is 3. The average molecular weight is 595 g/mol. The van der Waals surface area contributed by atoms with Gasteiger partial charge in [0, 0.05) is 80.9 Å². The molecule has 0 bridgehead atoms. The maximum absolute atomic E-state index is 15.5. The molecule has 2 N–H and O–H groups in total. The van der Waals surface area contributed by atoms with Crippen LogP contribution in [0.4, 0.5) is 15.8 Å². The molecule has 7 rings (SSSR count). The molecule has 2 saturated heterocycles. The molecule has 0 saturated carbocycles. The van der Waals surface area contributed by atoms with E-state index in [4.69, 9.17) is 0 Å². The summed E-state index contributed by atoms with van der Waals surface area (Å²) >= 11 is 0. The molecule has 222 valence electrons. The van der Waals surface area contributed by atoms with Gasteiger partial charge in [-0.2, -0.15) is 5.26 Å². The van der Waals surface area contributed by atoms with E-state index in [0.717, 1.165) is 25.6 Å². The third-order valence-electron chi connectivity index (χ3n) is 9.02. The summed E-state index contributed by atoms with van der Waals surface area (Å²) in [5, 5.41) is 20.7. The van der Waals surface area contributed by atoms with E-state index in [1.54, 1.807) is 25.5 Å². The number of halogens is 1. The average Bonchev–Trinajstić information content (AvgIpc) is 3.69. The third kappa shape index (κ3) is 3.87. The van der Waals surface area contributed by atoms with Crippen molar-refractivity contribution in [2.75, 3.05) is 43.5 Å². The number of hydrogen-bond donors (Lipinski definition) is 2. The summed E-state index contributed by atoms with van der Waals surface area (Å²) in [6, 6.07) is 4.92. The highest BCUT2D eigenvalue weighted by atomic mass is 19.1. The van der Waals surface area contributed by atoms with Crippen LogP contribution in [0.5, 0.6) is 0 Å². The van der Waals surface area contributed by atoms with Gasteiger partial charge in [-0.05, 0) is 25.5 Å². The Kier molecular flexibility index (Phi) is 6.15. The molecule has 4 aromatic heterocycles. The number of nitrogens with one attached hydrogen (secondary N) is 1. The summed E-state index contributed by atoms with van der Waals surface area (Å²) in [5.41, 5.74) is 2.01. The molecule has 6 heterocycles. The van der Waals surface area contributed by atoms with Gasteiger partial charge in [0.25, 0.3) is 0 Å². The predicted molar refractivity (Wildman–Crippen MR) is 162 cm³/mol. The number of nitriles is 1. The molecule has 0 radical (unpaired) electrons. The van der Waals surface area contributed by atoms with Crippen molar-refractivity contribution in [1.29, 1.82) is 5.26 Å². The maximum atomic E-state index is 15.5. The minimum atomic E-state index is -1.34. The number of nitrogens with zero attached hydrogens (tertiary/aromatic N) is 7. The van der Waals surface area contributed by atoms with Crippen molar-refractivity contribution in [3.05, 3.63) is 57.9 Å². The van der Waals surface area contributed by atoms with Gasteiger partial charge in [-0.15, -0.1) is 0 Å².